The molecule has 66 heavy (non-hydrogen) atoms. The first-order valence-corrected chi connectivity index (χ1v) is 24.2. The van der Waals surface area contributed by atoms with Gasteiger partial charge >= 0.3 is 24.0 Å². The van der Waals surface area contributed by atoms with E-state index in [0.29, 0.717) is 41.1 Å². The highest BCUT2D eigenvalue weighted by molar-refractivity contribution is 5.92. The molecule has 1 aromatic heterocycles. The normalized spacial score (nSPS) is 30.0. The van der Waals surface area contributed by atoms with Gasteiger partial charge in [0.1, 0.15) is 23.8 Å². The monoisotopic (exact) mass is 907 g/mol. The van der Waals surface area contributed by atoms with Gasteiger partial charge < -0.3 is 45.6 Å². The van der Waals surface area contributed by atoms with Gasteiger partial charge in [-0.1, -0.05) is 48.5 Å². The first kappa shape index (κ1) is 45.7. The third-order valence-electron chi connectivity index (χ3n) is 16.0. The number of carbonyl (C=O) groups excluding carboxylic acids is 6. The molecular formula is C51H65N5O10. The lowest BCUT2D eigenvalue weighted by molar-refractivity contribution is -0.180. The van der Waals surface area contributed by atoms with Crippen LogP contribution in [0.5, 0.6) is 0 Å². The van der Waals surface area contributed by atoms with Gasteiger partial charge in [-0.25, -0.2) is 4.79 Å². The molecule has 15 heteroatoms. The minimum atomic E-state index is -1.44. The first-order chi connectivity index (χ1) is 31.8. The van der Waals surface area contributed by atoms with Crippen molar-refractivity contribution in [1.29, 1.82) is 0 Å². The van der Waals surface area contributed by atoms with Crippen LogP contribution >= 0.6 is 0 Å². The zero-order chi connectivity index (χ0) is 46.1. The van der Waals surface area contributed by atoms with Crippen LogP contribution in [-0.2, 0) is 49.3 Å². The van der Waals surface area contributed by atoms with Crippen molar-refractivity contribution < 1.29 is 47.7 Å². The molecule has 3 amide bonds. The highest BCUT2D eigenvalue weighted by Crippen LogP contribution is 2.56. The van der Waals surface area contributed by atoms with Crippen LogP contribution in [0.2, 0.25) is 0 Å². The Kier molecular flexibility index (Phi) is 13.4. The summed E-state index contributed by atoms with van der Waals surface area (Å²) in [6, 6.07) is 14.9. The molecule has 8 bridgehead atoms. The van der Waals surface area contributed by atoms with Crippen LogP contribution in [0.25, 0.3) is 10.9 Å². The number of carbonyl (C=O) groups is 6. The van der Waals surface area contributed by atoms with Gasteiger partial charge in [0.05, 0.1) is 18.4 Å². The van der Waals surface area contributed by atoms with Crippen molar-refractivity contribution in [2.45, 2.75) is 127 Å². The number of nitrogens with one attached hydrogen (secondary N) is 4. The van der Waals surface area contributed by atoms with Gasteiger partial charge in [-0.15, -0.1) is 0 Å². The van der Waals surface area contributed by atoms with Crippen molar-refractivity contribution in [2.75, 3.05) is 13.3 Å². The van der Waals surface area contributed by atoms with Gasteiger partial charge in [0.25, 0.3) is 0 Å². The SMILES string of the molecule is CC(C(=O)OC1C2CC3CC(C2)CC1C3)C(N)C(=O)OCOC(=O)CCC(=O)NC(CNC(=O)C(C)(Cc1c[nH]c2ccccc12)NC(=O)OC1C2CC3CC(C2)CC1C3)c1ccccc1. The van der Waals surface area contributed by atoms with Gasteiger partial charge in [0.2, 0.25) is 18.6 Å². The first-order valence-electron chi connectivity index (χ1n) is 24.2. The van der Waals surface area contributed by atoms with Crippen LogP contribution in [-0.4, -0.2) is 77.9 Å². The van der Waals surface area contributed by atoms with Gasteiger partial charge in [0, 0.05) is 36.5 Å². The highest BCUT2D eigenvalue weighted by atomic mass is 16.7. The standard InChI is InChI=1S/C51H65N5O10/c1-28(47(59)65-45-34-16-29-14-30(18-34)19-35(45)17-29)44(52)48(60)64-27-63-43(58)13-12-42(57)55-41(33-8-4-3-5-9-33)26-54-49(61)51(2,24-38-25-53-40-11-7-6-10-39(38)40)56-50(62)66-46-36-20-31-15-32(22-36)23-37(46)21-31/h3-11,25,28-32,34-37,41,44-46,53H,12-24,26-27,52H2,1-2H3,(H,54,61)(H,55,57)(H,56,62). The van der Waals surface area contributed by atoms with Crippen LogP contribution in [0.15, 0.2) is 60.8 Å². The van der Waals surface area contributed by atoms with E-state index in [-0.39, 0.29) is 38.0 Å². The maximum Gasteiger partial charge on any atom is 0.408 e. The van der Waals surface area contributed by atoms with Crippen molar-refractivity contribution in [3.63, 3.8) is 0 Å². The van der Waals surface area contributed by atoms with Crippen LogP contribution in [0.1, 0.15) is 108 Å². The summed E-state index contributed by atoms with van der Waals surface area (Å²) in [6.45, 7) is 2.46. The predicted octanol–water partition coefficient (Wildman–Crippen LogP) is 6.15. The second-order valence-corrected chi connectivity index (χ2v) is 20.8. The Morgan fingerprint density at radius 1 is 0.727 bits per heavy atom. The summed E-state index contributed by atoms with van der Waals surface area (Å²) in [5.41, 5.74) is 7.11. The van der Waals surface area contributed by atoms with Gasteiger partial charge in [-0.2, -0.15) is 0 Å². The molecule has 15 nitrogen and oxygen atoms in total. The van der Waals surface area contributed by atoms with Crippen LogP contribution < -0.4 is 21.7 Å². The summed E-state index contributed by atoms with van der Waals surface area (Å²) in [7, 11) is 0. The van der Waals surface area contributed by atoms with Gasteiger partial charge in [-0.05, 0) is 143 Å². The fourth-order valence-electron chi connectivity index (χ4n) is 13.1. The lowest BCUT2D eigenvalue weighted by atomic mass is 9.55. The van der Waals surface area contributed by atoms with E-state index in [1.54, 1.807) is 6.92 Å². The number of hydrogen-bond acceptors (Lipinski definition) is 11. The van der Waals surface area contributed by atoms with E-state index in [1.807, 2.05) is 60.8 Å². The van der Waals surface area contributed by atoms with Gasteiger partial charge in [0.15, 0.2) is 0 Å². The molecule has 8 aliphatic carbocycles. The van der Waals surface area contributed by atoms with Crippen molar-refractivity contribution in [2.24, 2.45) is 59.0 Å². The van der Waals surface area contributed by atoms with E-state index in [9.17, 15) is 28.8 Å². The summed E-state index contributed by atoms with van der Waals surface area (Å²) in [5, 5.41) is 9.82. The number of fused-ring (bicyclic) bond motifs is 1. The third kappa shape index (κ3) is 10.1. The number of hydrogen-bond donors (Lipinski definition) is 5. The Morgan fingerprint density at radius 3 is 1.92 bits per heavy atom. The van der Waals surface area contributed by atoms with E-state index in [2.05, 4.69) is 20.9 Å². The maximum atomic E-state index is 14.4. The number of benzene rings is 2. The summed E-state index contributed by atoms with van der Waals surface area (Å²) >= 11 is 0. The quantitative estimate of drug-likeness (QED) is 0.0554. The molecule has 4 atom stereocenters. The fourth-order valence-corrected chi connectivity index (χ4v) is 13.1. The van der Waals surface area contributed by atoms with E-state index < -0.39 is 66.1 Å². The fraction of sp³-hybridized carbons (Fsp3) is 0.608. The maximum absolute atomic E-state index is 14.4. The summed E-state index contributed by atoms with van der Waals surface area (Å²) in [4.78, 5) is 83.2. The third-order valence-corrected chi connectivity index (χ3v) is 16.0. The molecule has 3 aromatic rings. The van der Waals surface area contributed by atoms with E-state index in [1.165, 1.54) is 19.8 Å². The molecule has 0 aliphatic heterocycles. The van der Waals surface area contributed by atoms with E-state index in [0.717, 1.165) is 79.7 Å². The van der Waals surface area contributed by atoms with Crippen LogP contribution in [0, 0.1) is 53.3 Å². The van der Waals surface area contributed by atoms with Crippen molar-refractivity contribution in [3.05, 3.63) is 71.9 Å². The number of amides is 3. The minimum Gasteiger partial charge on any atom is -0.462 e. The molecule has 1 heterocycles. The van der Waals surface area contributed by atoms with Crippen molar-refractivity contribution in [1.82, 2.24) is 20.9 Å². The molecule has 8 saturated carbocycles. The number of H-pyrrole nitrogens is 1. The van der Waals surface area contributed by atoms with Crippen molar-refractivity contribution in [3.8, 4) is 0 Å². The largest absolute Gasteiger partial charge is 0.462 e. The zero-order valence-corrected chi connectivity index (χ0v) is 38.0. The molecule has 8 aliphatic rings. The minimum absolute atomic E-state index is 0.0281. The smallest absolute Gasteiger partial charge is 0.408 e. The number of rotatable bonds is 18. The molecule has 11 rings (SSSR count). The predicted molar refractivity (Wildman–Crippen MR) is 242 cm³/mol. The lowest BCUT2D eigenvalue weighted by Crippen LogP contribution is -2.60. The van der Waals surface area contributed by atoms with E-state index >= 15 is 0 Å². The highest BCUT2D eigenvalue weighted by Gasteiger charge is 2.52. The molecule has 4 unspecified atom stereocenters. The Morgan fingerprint density at radius 2 is 1.30 bits per heavy atom. The second kappa shape index (κ2) is 19.4. The Hall–Kier alpha value is -5.44. The van der Waals surface area contributed by atoms with Crippen LogP contribution in [0.4, 0.5) is 4.79 Å². The molecule has 0 saturated heterocycles. The zero-order valence-electron chi connectivity index (χ0n) is 38.0. The Balaban J connectivity index is 0.762. The number of aromatic amines is 1. The Labute approximate surface area is 385 Å². The molecule has 0 spiro atoms. The van der Waals surface area contributed by atoms with E-state index in [4.69, 9.17) is 24.7 Å². The number of ether oxygens (including phenoxy) is 4. The second-order valence-electron chi connectivity index (χ2n) is 20.8. The molecule has 2 aromatic carbocycles. The number of para-hydroxylation sites is 1. The summed E-state index contributed by atoms with van der Waals surface area (Å²) in [6.07, 6.45) is 11.7. The summed E-state index contributed by atoms with van der Waals surface area (Å²) in [5.74, 6) is 0.193. The number of nitrogens with two attached hydrogens (primary N) is 1. The topological polar surface area (TPSA) is 217 Å². The number of aromatic nitrogens is 1. The molecule has 354 valence electrons. The lowest BCUT2D eigenvalue weighted by Gasteiger charge is -2.53. The average Bonchev–Trinajstić information content (AvgIpc) is 3.70. The molecular weight excluding hydrogens is 843 g/mol. The van der Waals surface area contributed by atoms with Gasteiger partial charge in [-0.3, -0.25) is 24.0 Å². The van der Waals surface area contributed by atoms with Crippen LogP contribution in [0.3, 0.4) is 0 Å². The average molecular weight is 908 g/mol. The van der Waals surface area contributed by atoms with Crippen molar-refractivity contribution >= 4 is 46.7 Å². The molecule has 0 radical (unpaired) electrons. The summed E-state index contributed by atoms with van der Waals surface area (Å²) < 4.78 is 22.3. The number of esters is 3. The molecule has 8 fully saturated rings. The Bertz CT molecular complexity index is 2230. The number of alkyl carbamates (subject to hydrolysis) is 1. The molecule has 6 N–H and O–H groups in total.